The van der Waals surface area contributed by atoms with Crippen LogP contribution in [0.3, 0.4) is 0 Å². The molecule has 1 aliphatic carbocycles. The summed E-state index contributed by atoms with van der Waals surface area (Å²) in [4.78, 5) is 36.4. The third-order valence-corrected chi connectivity index (χ3v) is 10.6. The smallest absolute Gasteiger partial charge is 0.328 e. The number of hydrogen-bond donors (Lipinski definition) is 5. The Morgan fingerprint density at radius 1 is 1.04 bits per heavy atom. The first kappa shape index (κ1) is 44.0. The van der Waals surface area contributed by atoms with Gasteiger partial charge >= 0.3 is 6.03 Å². The van der Waals surface area contributed by atoms with Crippen LogP contribution in [-0.4, -0.2) is 83.3 Å². The first-order valence-corrected chi connectivity index (χ1v) is 20.4. The van der Waals surface area contributed by atoms with E-state index in [9.17, 15) is 28.1 Å². The Balaban J connectivity index is 0.000000322. The number of furan rings is 1. The summed E-state index contributed by atoms with van der Waals surface area (Å²) in [7, 11) is 3.15. The monoisotopic (exact) mass is 807 g/mol. The van der Waals surface area contributed by atoms with Crippen molar-refractivity contribution in [2.45, 2.75) is 61.8 Å². The lowest BCUT2D eigenvalue weighted by atomic mass is 9.96. The first-order valence-electron chi connectivity index (χ1n) is 17.4. The van der Waals surface area contributed by atoms with Gasteiger partial charge in [0.1, 0.15) is 17.3 Å². The molecule has 1 aliphatic rings. The number of urea groups is 1. The number of nitrogens with zero attached hydrogens (tertiary/aromatic N) is 2. The van der Waals surface area contributed by atoms with Gasteiger partial charge in [-0.2, -0.15) is 11.8 Å². The molecular formula is C36H50ClN7O8S2. The summed E-state index contributed by atoms with van der Waals surface area (Å²) >= 11 is 7.68. The van der Waals surface area contributed by atoms with Crippen LogP contribution >= 0.6 is 23.4 Å². The molecule has 0 unspecified atom stereocenters. The molecule has 0 saturated heterocycles. The van der Waals surface area contributed by atoms with Gasteiger partial charge in [0.15, 0.2) is 5.82 Å². The maximum Gasteiger partial charge on any atom is 0.328 e. The van der Waals surface area contributed by atoms with Gasteiger partial charge in [0.05, 0.1) is 34.8 Å². The molecule has 1 heterocycles. The van der Waals surface area contributed by atoms with Gasteiger partial charge in [-0.15, -0.1) is 0 Å². The second-order valence-corrected chi connectivity index (χ2v) is 15.8. The fourth-order valence-corrected chi connectivity index (χ4v) is 7.22. The van der Waals surface area contributed by atoms with E-state index in [-0.39, 0.29) is 16.8 Å². The number of nitrogens with one attached hydrogen (secondary N) is 5. The minimum Gasteiger partial charge on any atom is -0.496 e. The number of methoxy groups -OCH3 is 1. The second-order valence-electron chi connectivity index (χ2n) is 12.6. The van der Waals surface area contributed by atoms with Crippen molar-refractivity contribution >= 4 is 45.3 Å². The summed E-state index contributed by atoms with van der Waals surface area (Å²) in [6.45, 7) is 1.78. The molecule has 0 bridgehead atoms. The van der Waals surface area contributed by atoms with Crippen LogP contribution < -0.4 is 30.7 Å². The van der Waals surface area contributed by atoms with Gasteiger partial charge in [-0.3, -0.25) is 14.9 Å². The molecule has 18 heteroatoms. The van der Waals surface area contributed by atoms with Gasteiger partial charge in [-0.25, -0.2) is 17.9 Å². The minimum atomic E-state index is -3.97. The molecule has 2 aromatic carbocycles. The van der Waals surface area contributed by atoms with Gasteiger partial charge in [0, 0.05) is 37.0 Å². The quantitative estimate of drug-likeness (QED) is 0.0649. The lowest BCUT2D eigenvalue weighted by Crippen LogP contribution is -2.45. The molecule has 4 rings (SSSR count). The Morgan fingerprint density at radius 2 is 1.74 bits per heavy atom. The summed E-state index contributed by atoms with van der Waals surface area (Å²) in [5, 5.41) is 22.0. The molecule has 0 atom stereocenters. The molecule has 1 saturated carbocycles. The average Bonchev–Trinajstić information content (AvgIpc) is 3.57. The number of thioether (sulfide) groups is 1. The van der Waals surface area contributed by atoms with E-state index < -0.39 is 21.0 Å². The molecule has 1 aromatic heterocycles. The molecular weight excluding hydrogens is 758 g/mol. The highest BCUT2D eigenvalue weighted by atomic mass is 35.5. The first-order chi connectivity index (χ1) is 25.8. The fourth-order valence-electron chi connectivity index (χ4n) is 5.38. The topological polar surface area (TPSA) is 197 Å². The van der Waals surface area contributed by atoms with Gasteiger partial charge in [0.25, 0.3) is 22.1 Å². The third kappa shape index (κ3) is 15.9. The molecule has 296 valence electrons. The Bertz CT molecular complexity index is 1800. The van der Waals surface area contributed by atoms with Gasteiger partial charge < -0.3 is 35.3 Å². The number of nitro groups is 1. The molecule has 0 radical (unpaired) electrons. The molecule has 5 N–H and O–H groups in total. The minimum absolute atomic E-state index is 0.00209. The summed E-state index contributed by atoms with van der Waals surface area (Å²) in [6, 6.07) is 14.3. The van der Waals surface area contributed by atoms with Crippen LogP contribution in [0.15, 0.2) is 75.9 Å². The standard InChI is InChI=1S/C23H28ClN3O5S.C13H22N4O3S/c1-32-21-12-9-17(24)15-20(21)22(28)25-14-13-16-7-10-19(11-8-16)33(30,31)27-23(29)26-18-5-3-2-4-6-18;1-14-13(9-17(18)19)15-6-7-21-10-12-5-4-11(20-12)8-16(2)3/h7-12,15,18H,2-6,13-14H2,1H3,(H,25,28)(H2,26,27,29);4-5,9,14-15H,6-8,10H2,1-3H3/b;13-9-. The van der Waals surface area contributed by atoms with Crippen molar-refractivity contribution in [1.29, 1.82) is 0 Å². The maximum absolute atomic E-state index is 12.5. The highest BCUT2D eigenvalue weighted by Gasteiger charge is 2.21. The van der Waals surface area contributed by atoms with Gasteiger partial charge in [0.2, 0.25) is 0 Å². The molecule has 0 aliphatic heterocycles. The van der Waals surface area contributed by atoms with Crippen molar-refractivity contribution in [3.63, 3.8) is 0 Å². The largest absolute Gasteiger partial charge is 0.496 e. The highest BCUT2D eigenvalue weighted by Crippen LogP contribution is 2.23. The van der Waals surface area contributed by atoms with E-state index in [2.05, 4.69) is 30.9 Å². The third-order valence-electron chi connectivity index (χ3n) is 8.01. The van der Waals surface area contributed by atoms with Crippen LogP contribution in [0, 0.1) is 10.1 Å². The normalized spacial score (nSPS) is 13.3. The zero-order valence-corrected chi connectivity index (χ0v) is 33.4. The van der Waals surface area contributed by atoms with Gasteiger partial charge in [-0.05, 0) is 81.4 Å². The number of benzene rings is 2. The Morgan fingerprint density at radius 3 is 2.39 bits per heavy atom. The molecule has 15 nitrogen and oxygen atoms in total. The number of ether oxygens (including phenoxy) is 1. The number of halogens is 1. The Hall–Kier alpha value is -4.45. The van der Waals surface area contributed by atoms with Crippen molar-refractivity contribution in [1.82, 2.24) is 30.9 Å². The highest BCUT2D eigenvalue weighted by molar-refractivity contribution is 7.98. The van der Waals surface area contributed by atoms with Crippen LogP contribution in [0.5, 0.6) is 5.75 Å². The Kier molecular flexibility index (Phi) is 18.5. The number of carbonyl (C=O) groups excluding carboxylic acids is 2. The van der Waals surface area contributed by atoms with E-state index in [4.69, 9.17) is 20.8 Å². The van der Waals surface area contributed by atoms with Crippen molar-refractivity contribution in [3.05, 3.63) is 104 Å². The van der Waals surface area contributed by atoms with Crippen LogP contribution in [0.25, 0.3) is 0 Å². The summed E-state index contributed by atoms with van der Waals surface area (Å²) in [5.41, 5.74) is 1.17. The maximum atomic E-state index is 12.5. The SMILES string of the molecule is CN/C(=C/[N+](=O)[O-])NCCSCc1ccc(CN(C)C)o1.COc1ccc(Cl)cc1C(=O)NCCc1ccc(S(=O)(=O)NC(=O)NC2CCCCC2)cc1. The zero-order chi connectivity index (χ0) is 39.5. The average molecular weight is 808 g/mol. The molecule has 3 amide bonds. The van der Waals surface area contributed by atoms with E-state index in [0.29, 0.717) is 41.7 Å². The predicted molar refractivity (Wildman–Crippen MR) is 211 cm³/mol. The number of rotatable bonds is 18. The van der Waals surface area contributed by atoms with Crippen molar-refractivity contribution in [3.8, 4) is 5.75 Å². The summed E-state index contributed by atoms with van der Waals surface area (Å²) in [5.74, 6) is 4.05. The van der Waals surface area contributed by atoms with Crippen molar-refractivity contribution in [2.24, 2.45) is 0 Å². The van der Waals surface area contributed by atoms with E-state index in [1.54, 1.807) is 43.1 Å². The number of sulfonamides is 1. The van der Waals surface area contributed by atoms with Crippen LogP contribution in [0.4, 0.5) is 4.79 Å². The van der Waals surface area contributed by atoms with Gasteiger partial charge in [-0.1, -0.05) is 43.0 Å². The van der Waals surface area contributed by atoms with Crippen LogP contribution in [0.1, 0.15) is 59.5 Å². The number of carbonyl (C=O) groups is 2. The fraction of sp³-hybridized carbons (Fsp3) is 0.444. The van der Waals surface area contributed by atoms with Crippen LogP contribution in [-0.2, 0) is 28.7 Å². The molecule has 1 fully saturated rings. The van der Waals surface area contributed by atoms with E-state index in [1.807, 2.05) is 26.2 Å². The number of hydrogen-bond acceptors (Lipinski definition) is 12. The van der Waals surface area contributed by atoms with E-state index >= 15 is 0 Å². The zero-order valence-electron chi connectivity index (χ0n) is 31.0. The lowest BCUT2D eigenvalue weighted by Gasteiger charge is -2.22. The lowest BCUT2D eigenvalue weighted by molar-refractivity contribution is -0.404. The molecule has 0 spiro atoms. The summed E-state index contributed by atoms with van der Waals surface area (Å²) < 4.78 is 37.9. The molecule has 54 heavy (non-hydrogen) atoms. The predicted octanol–water partition coefficient (Wildman–Crippen LogP) is 5.10. The van der Waals surface area contributed by atoms with E-state index in [0.717, 1.165) is 73.4 Å². The van der Waals surface area contributed by atoms with E-state index in [1.165, 1.54) is 25.3 Å². The second kappa shape index (κ2) is 22.7. The van der Waals surface area contributed by atoms with Crippen molar-refractivity contribution < 1.29 is 32.1 Å². The van der Waals surface area contributed by atoms with Crippen LogP contribution in [0.2, 0.25) is 5.02 Å². The van der Waals surface area contributed by atoms with Crippen molar-refractivity contribution in [2.75, 3.05) is 47.1 Å². The number of amides is 3. The molecule has 3 aromatic rings. The summed E-state index contributed by atoms with van der Waals surface area (Å²) in [6.07, 6.45) is 6.35. The Labute approximate surface area is 326 Å².